The van der Waals surface area contributed by atoms with Gasteiger partial charge in [-0.1, -0.05) is 25.4 Å². The van der Waals surface area contributed by atoms with Crippen LogP contribution < -0.4 is 4.90 Å². The van der Waals surface area contributed by atoms with Crippen molar-refractivity contribution in [3.05, 3.63) is 23.1 Å². The summed E-state index contributed by atoms with van der Waals surface area (Å²) in [6, 6.07) is 3.29. The summed E-state index contributed by atoms with van der Waals surface area (Å²) in [5.41, 5.74) is 0. The second-order valence-electron chi connectivity index (χ2n) is 4.21. The zero-order chi connectivity index (χ0) is 12.8. The molecule has 1 aromatic rings. The first-order valence-electron chi connectivity index (χ1n) is 5.47. The van der Waals surface area contributed by atoms with Crippen molar-refractivity contribution in [3.63, 3.8) is 0 Å². The quantitative estimate of drug-likeness (QED) is 0.811. The van der Waals surface area contributed by atoms with Gasteiger partial charge < -0.3 is 4.90 Å². The predicted octanol–water partition coefficient (Wildman–Crippen LogP) is 3.25. The van der Waals surface area contributed by atoms with E-state index in [1.165, 1.54) is 12.3 Å². The lowest BCUT2D eigenvalue weighted by Crippen LogP contribution is -2.30. The van der Waals surface area contributed by atoms with Gasteiger partial charge in [-0.05, 0) is 12.0 Å². The molecule has 0 N–H and O–H groups in total. The highest BCUT2D eigenvalue weighted by atomic mass is 35.5. The smallest absolute Gasteiger partial charge is 0.167 e. The standard InChI is InChI=1S/C12H15ClFN3/c1-9(2)8-17(5-3-4-15)12-11(14)6-10(13)7-16-12/h6-7,9H,3,5,8H2,1-2H3. The molecule has 0 atom stereocenters. The zero-order valence-corrected chi connectivity index (χ0v) is 10.7. The topological polar surface area (TPSA) is 39.9 Å². The molecule has 0 saturated heterocycles. The van der Waals surface area contributed by atoms with E-state index in [9.17, 15) is 4.39 Å². The van der Waals surface area contributed by atoms with E-state index in [4.69, 9.17) is 16.9 Å². The summed E-state index contributed by atoms with van der Waals surface area (Å²) < 4.78 is 13.7. The largest absolute Gasteiger partial charge is 0.353 e. The lowest BCUT2D eigenvalue weighted by Gasteiger charge is -2.24. The van der Waals surface area contributed by atoms with Crippen molar-refractivity contribution in [3.8, 4) is 6.07 Å². The molecule has 0 aliphatic rings. The first-order valence-corrected chi connectivity index (χ1v) is 5.85. The van der Waals surface area contributed by atoms with Gasteiger partial charge in [0.05, 0.1) is 17.5 Å². The number of pyridine rings is 1. The Morgan fingerprint density at radius 1 is 1.59 bits per heavy atom. The SMILES string of the molecule is CC(C)CN(CCC#N)c1ncc(Cl)cc1F. The van der Waals surface area contributed by atoms with Gasteiger partial charge in [-0.3, -0.25) is 0 Å². The van der Waals surface area contributed by atoms with Crippen LogP contribution >= 0.6 is 11.6 Å². The molecule has 17 heavy (non-hydrogen) atoms. The van der Waals surface area contributed by atoms with E-state index >= 15 is 0 Å². The van der Waals surface area contributed by atoms with Gasteiger partial charge >= 0.3 is 0 Å². The molecular weight excluding hydrogens is 241 g/mol. The monoisotopic (exact) mass is 255 g/mol. The summed E-state index contributed by atoms with van der Waals surface area (Å²) in [5.74, 6) is 0.181. The van der Waals surface area contributed by atoms with Crippen molar-refractivity contribution in [1.82, 2.24) is 4.98 Å². The highest BCUT2D eigenvalue weighted by Gasteiger charge is 2.14. The molecule has 0 amide bonds. The van der Waals surface area contributed by atoms with Gasteiger partial charge in [0.15, 0.2) is 11.6 Å². The van der Waals surface area contributed by atoms with Gasteiger partial charge in [0, 0.05) is 19.3 Å². The van der Waals surface area contributed by atoms with Crippen LogP contribution in [-0.2, 0) is 0 Å². The first-order chi connectivity index (χ1) is 8.04. The minimum atomic E-state index is -0.448. The summed E-state index contributed by atoms with van der Waals surface area (Å²) >= 11 is 5.66. The molecule has 0 fully saturated rings. The Bertz CT molecular complexity index is 415. The van der Waals surface area contributed by atoms with Gasteiger partial charge in [-0.2, -0.15) is 5.26 Å². The molecule has 0 aromatic carbocycles. The molecule has 3 nitrogen and oxygen atoms in total. The van der Waals surface area contributed by atoms with Crippen LogP contribution in [0.3, 0.4) is 0 Å². The fourth-order valence-electron chi connectivity index (χ4n) is 1.55. The lowest BCUT2D eigenvalue weighted by molar-refractivity contribution is 0.574. The number of halogens is 2. The Morgan fingerprint density at radius 2 is 2.29 bits per heavy atom. The Hall–Kier alpha value is -1.34. The van der Waals surface area contributed by atoms with Crippen LogP contribution in [-0.4, -0.2) is 18.1 Å². The Kier molecular flexibility index (Phi) is 5.17. The van der Waals surface area contributed by atoms with Crippen LogP contribution in [0.15, 0.2) is 12.3 Å². The molecule has 0 saturated carbocycles. The second-order valence-corrected chi connectivity index (χ2v) is 4.64. The number of nitrogens with zero attached hydrogens (tertiary/aromatic N) is 3. The van der Waals surface area contributed by atoms with Crippen molar-refractivity contribution in [2.45, 2.75) is 20.3 Å². The van der Waals surface area contributed by atoms with Gasteiger partial charge in [-0.15, -0.1) is 0 Å². The normalized spacial score (nSPS) is 10.4. The number of aromatic nitrogens is 1. The van der Waals surface area contributed by atoms with E-state index in [-0.39, 0.29) is 10.8 Å². The van der Waals surface area contributed by atoms with Crippen LogP contribution in [0.25, 0.3) is 0 Å². The van der Waals surface area contributed by atoms with E-state index in [0.29, 0.717) is 25.4 Å². The van der Waals surface area contributed by atoms with E-state index in [1.54, 1.807) is 4.90 Å². The third kappa shape index (κ3) is 4.20. The van der Waals surface area contributed by atoms with Gasteiger partial charge in [0.1, 0.15) is 0 Å². The molecule has 0 spiro atoms. The van der Waals surface area contributed by atoms with Gasteiger partial charge in [-0.25, -0.2) is 9.37 Å². The van der Waals surface area contributed by atoms with Crippen molar-refractivity contribution in [2.75, 3.05) is 18.0 Å². The molecule has 92 valence electrons. The molecule has 0 unspecified atom stereocenters. The molecule has 1 aromatic heterocycles. The Balaban J connectivity index is 2.91. The van der Waals surface area contributed by atoms with Gasteiger partial charge in [0.2, 0.25) is 0 Å². The number of hydrogen-bond acceptors (Lipinski definition) is 3. The molecule has 1 rings (SSSR count). The Morgan fingerprint density at radius 3 is 2.82 bits per heavy atom. The number of nitriles is 1. The summed E-state index contributed by atoms with van der Waals surface area (Å²) in [6.07, 6.45) is 1.76. The van der Waals surface area contributed by atoms with Crippen LogP contribution in [0.5, 0.6) is 0 Å². The molecule has 5 heteroatoms. The first kappa shape index (κ1) is 13.7. The summed E-state index contributed by atoms with van der Waals surface area (Å²) in [7, 11) is 0. The average Bonchev–Trinajstić information content (AvgIpc) is 2.24. The van der Waals surface area contributed by atoms with E-state index in [0.717, 1.165) is 0 Å². The summed E-state index contributed by atoms with van der Waals surface area (Å²) in [6.45, 7) is 5.20. The fourth-order valence-corrected chi connectivity index (χ4v) is 1.69. The molecule has 0 aliphatic carbocycles. The maximum absolute atomic E-state index is 13.7. The van der Waals surface area contributed by atoms with Crippen molar-refractivity contribution in [1.29, 1.82) is 5.26 Å². The summed E-state index contributed by atoms with van der Waals surface area (Å²) in [4.78, 5) is 5.77. The van der Waals surface area contributed by atoms with Crippen LogP contribution in [0.2, 0.25) is 5.02 Å². The summed E-state index contributed by atoms with van der Waals surface area (Å²) in [5, 5.41) is 8.87. The zero-order valence-electron chi connectivity index (χ0n) is 9.95. The van der Waals surface area contributed by atoms with Crippen molar-refractivity contribution in [2.24, 2.45) is 5.92 Å². The number of anilines is 1. The predicted molar refractivity (Wildman–Crippen MR) is 66.5 cm³/mol. The van der Waals surface area contributed by atoms with Crippen LogP contribution in [0.4, 0.5) is 10.2 Å². The number of rotatable bonds is 5. The number of hydrogen-bond donors (Lipinski definition) is 0. The van der Waals surface area contributed by atoms with Gasteiger partial charge in [0.25, 0.3) is 0 Å². The minimum Gasteiger partial charge on any atom is -0.353 e. The third-order valence-electron chi connectivity index (χ3n) is 2.17. The molecule has 0 aliphatic heterocycles. The molecule has 0 radical (unpaired) electrons. The minimum absolute atomic E-state index is 0.262. The third-order valence-corrected chi connectivity index (χ3v) is 2.37. The van der Waals surface area contributed by atoms with E-state index < -0.39 is 5.82 Å². The highest BCUT2D eigenvalue weighted by molar-refractivity contribution is 6.30. The Labute approximate surface area is 106 Å². The van der Waals surface area contributed by atoms with Crippen molar-refractivity contribution < 1.29 is 4.39 Å². The highest BCUT2D eigenvalue weighted by Crippen LogP contribution is 2.20. The fraction of sp³-hybridized carbons (Fsp3) is 0.500. The van der Waals surface area contributed by atoms with E-state index in [2.05, 4.69) is 11.1 Å². The molecular formula is C12H15ClFN3. The lowest BCUT2D eigenvalue weighted by atomic mass is 10.2. The second kappa shape index (κ2) is 6.41. The maximum Gasteiger partial charge on any atom is 0.167 e. The molecule has 1 heterocycles. The van der Waals surface area contributed by atoms with Crippen LogP contribution in [0, 0.1) is 23.1 Å². The molecule has 0 bridgehead atoms. The average molecular weight is 256 g/mol. The van der Waals surface area contributed by atoms with E-state index in [1.807, 2.05) is 13.8 Å². The maximum atomic E-state index is 13.7. The van der Waals surface area contributed by atoms with Crippen LogP contribution in [0.1, 0.15) is 20.3 Å². The van der Waals surface area contributed by atoms with Crippen molar-refractivity contribution >= 4 is 17.4 Å².